The van der Waals surface area contributed by atoms with Crippen LogP contribution < -0.4 is 4.74 Å². The number of hydrogen-bond donors (Lipinski definition) is 1. The van der Waals surface area contributed by atoms with Crippen LogP contribution in [0.4, 0.5) is 4.39 Å². The van der Waals surface area contributed by atoms with Crippen LogP contribution in [-0.4, -0.2) is 27.7 Å². The molecule has 0 radical (unpaired) electrons. The Morgan fingerprint density at radius 2 is 1.84 bits per heavy atom. The van der Waals surface area contributed by atoms with Crippen molar-refractivity contribution in [1.29, 1.82) is 0 Å². The van der Waals surface area contributed by atoms with Crippen LogP contribution in [0, 0.1) is 5.82 Å². The molecule has 1 heterocycles. The molecule has 0 fully saturated rings. The first-order valence-electron chi connectivity index (χ1n) is 5.58. The first kappa shape index (κ1) is 12.9. The van der Waals surface area contributed by atoms with Gasteiger partial charge in [0.1, 0.15) is 5.82 Å². The molecular weight excluding hydrogens is 251 g/mol. The van der Waals surface area contributed by atoms with Crippen LogP contribution in [-0.2, 0) is 4.79 Å². The fourth-order valence-corrected chi connectivity index (χ4v) is 1.39. The Hall–Kier alpha value is -2.50. The number of hydrogen-bond acceptors (Lipinski definition) is 4. The maximum absolute atomic E-state index is 12.8. The summed E-state index contributed by atoms with van der Waals surface area (Å²) in [6, 6.07) is 5.82. The van der Waals surface area contributed by atoms with Gasteiger partial charge < -0.3 is 9.84 Å². The summed E-state index contributed by atoms with van der Waals surface area (Å²) < 4.78 is 17.9. The lowest BCUT2D eigenvalue weighted by atomic mass is 10.2. The van der Waals surface area contributed by atoms with Gasteiger partial charge in [0, 0.05) is 5.56 Å². The first-order chi connectivity index (χ1) is 9.15. The molecule has 0 saturated heterocycles. The summed E-state index contributed by atoms with van der Waals surface area (Å²) in [5.41, 5.74) is 0.693. The van der Waals surface area contributed by atoms with Gasteiger partial charge in [0.2, 0.25) is 0 Å². The normalized spacial score (nSPS) is 10.2. The zero-order valence-electron chi connectivity index (χ0n) is 9.91. The lowest BCUT2D eigenvalue weighted by molar-refractivity contribution is -0.137. The number of carboxylic acids is 1. The molecule has 1 aromatic carbocycles. The largest absolute Gasteiger partial charge is 0.490 e. The van der Waals surface area contributed by atoms with Gasteiger partial charge in [-0.05, 0) is 24.3 Å². The average Bonchev–Trinajstić information content (AvgIpc) is 2.40. The van der Waals surface area contributed by atoms with Crippen LogP contribution in [0.3, 0.4) is 0 Å². The number of rotatable bonds is 5. The summed E-state index contributed by atoms with van der Waals surface area (Å²) in [7, 11) is 0. The minimum Gasteiger partial charge on any atom is -0.490 e. The number of carbonyl (C=O) groups is 1. The molecule has 19 heavy (non-hydrogen) atoms. The van der Waals surface area contributed by atoms with Crippen LogP contribution in [0.1, 0.15) is 6.42 Å². The Morgan fingerprint density at radius 1 is 1.21 bits per heavy atom. The monoisotopic (exact) mass is 262 g/mol. The predicted molar refractivity (Wildman–Crippen MR) is 65.2 cm³/mol. The van der Waals surface area contributed by atoms with E-state index >= 15 is 0 Å². The molecule has 0 atom stereocenters. The van der Waals surface area contributed by atoms with E-state index in [0.717, 1.165) is 0 Å². The molecule has 0 bridgehead atoms. The molecular formula is C13H11FN2O3. The van der Waals surface area contributed by atoms with Gasteiger partial charge >= 0.3 is 5.97 Å². The molecule has 0 spiro atoms. The SMILES string of the molecule is O=C(O)CCOc1cnc(-c2ccc(F)cc2)nc1. The Labute approximate surface area is 108 Å². The first-order valence-corrected chi connectivity index (χ1v) is 5.58. The highest BCUT2D eigenvalue weighted by Crippen LogP contribution is 2.16. The molecule has 0 unspecified atom stereocenters. The van der Waals surface area contributed by atoms with Crippen LogP contribution in [0.15, 0.2) is 36.7 Å². The second-order valence-electron chi connectivity index (χ2n) is 3.74. The van der Waals surface area contributed by atoms with E-state index in [0.29, 0.717) is 17.1 Å². The van der Waals surface area contributed by atoms with Crippen LogP contribution >= 0.6 is 0 Å². The number of nitrogens with zero attached hydrogens (tertiary/aromatic N) is 2. The third-order valence-corrected chi connectivity index (χ3v) is 2.32. The molecule has 1 aromatic heterocycles. The van der Waals surface area contributed by atoms with Crippen molar-refractivity contribution in [2.75, 3.05) is 6.61 Å². The van der Waals surface area contributed by atoms with Crippen molar-refractivity contribution in [3.05, 3.63) is 42.5 Å². The molecule has 0 aliphatic carbocycles. The molecule has 1 N–H and O–H groups in total. The van der Waals surface area contributed by atoms with E-state index in [2.05, 4.69) is 9.97 Å². The summed E-state index contributed by atoms with van der Waals surface area (Å²) in [5, 5.41) is 8.46. The van der Waals surface area contributed by atoms with Gasteiger partial charge in [-0.2, -0.15) is 0 Å². The Bertz CT molecular complexity index is 555. The highest BCUT2D eigenvalue weighted by Gasteiger charge is 2.03. The second-order valence-corrected chi connectivity index (χ2v) is 3.74. The molecule has 0 saturated carbocycles. The molecule has 0 aliphatic heterocycles. The number of aromatic nitrogens is 2. The molecule has 5 nitrogen and oxygen atoms in total. The fourth-order valence-electron chi connectivity index (χ4n) is 1.39. The highest BCUT2D eigenvalue weighted by atomic mass is 19.1. The van der Waals surface area contributed by atoms with E-state index < -0.39 is 5.97 Å². The summed E-state index contributed by atoms with van der Waals surface area (Å²) in [6.07, 6.45) is 2.82. The quantitative estimate of drug-likeness (QED) is 0.893. The lowest BCUT2D eigenvalue weighted by Crippen LogP contribution is -2.05. The van der Waals surface area contributed by atoms with Crippen molar-refractivity contribution >= 4 is 5.97 Å². The number of ether oxygens (including phenoxy) is 1. The lowest BCUT2D eigenvalue weighted by Gasteiger charge is -2.04. The zero-order chi connectivity index (χ0) is 13.7. The van der Waals surface area contributed by atoms with Gasteiger partial charge in [0.05, 0.1) is 25.4 Å². The third-order valence-electron chi connectivity index (χ3n) is 2.32. The van der Waals surface area contributed by atoms with E-state index in [-0.39, 0.29) is 18.8 Å². The summed E-state index contributed by atoms with van der Waals surface area (Å²) in [4.78, 5) is 18.5. The number of carboxylic acid groups (broad SMARTS) is 1. The van der Waals surface area contributed by atoms with Crippen molar-refractivity contribution in [2.24, 2.45) is 0 Å². The number of benzene rings is 1. The van der Waals surface area contributed by atoms with Crippen molar-refractivity contribution in [3.63, 3.8) is 0 Å². The highest BCUT2D eigenvalue weighted by molar-refractivity contribution is 5.66. The van der Waals surface area contributed by atoms with E-state index in [1.165, 1.54) is 24.5 Å². The fraction of sp³-hybridized carbons (Fsp3) is 0.154. The zero-order valence-corrected chi connectivity index (χ0v) is 9.91. The number of halogens is 1. The van der Waals surface area contributed by atoms with Gasteiger partial charge in [0.15, 0.2) is 11.6 Å². The molecule has 98 valence electrons. The summed E-state index contributed by atoms with van der Waals surface area (Å²) in [6.45, 7) is 0.0641. The van der Waals surface area contributed by atoms with Crippen molar-refractivity contribution in [3.8, 4) is 17.1 Å². The van der Waals surface area contributed by atoms with Crippen LogP contribution in [0.25, 0.3) is 11.4 Å². The number of aliphatic carboxylic acids is 1. The topological polar surface area (TPSA) is 72.3 Å². The third kappa shape index (κ3) is 3.74. The molecule has 0 amide bonds. The van der Waals surface area contributed by atoms with Crippen molar-refractivity contribution in [1.82, 2.24) is 9.97 Å². The predicted octanol–water partition coefficient (Wildman–Crippen LogP) is 2.14. The van der Waals surface area contributed by atoms with E-state index in [1.807, 2.05) is 0 Å². The smallest absolute Gasteiger partial charge is 0.306 e. The van der Waals surface area contributed by atoms with Crippen LogP contribution in [0.2, 0.25) is 0 Å². The van der Waals surface area contributed by atoms with Gasteiger partial charge in [-0.1, -0.05) is 0 Å². The van der Waals surface area contributed by atoms with Gasteiger partial charge in [-0.15, -0.1) is 0 Å². The minimum atomic E-state index is -0.927. The second kappa shape index (κ2) is 5.90. The van der Waals surface area contributed by atoms with Crippen molar-refractivity contribution < 1.29 is 19.0 Å². The Balaban J connectivity index is 2.02. The molecule has 2 rings (SSSR count). The van der Waals surface area contributed by atoms with E-state index in [4.69, 9.17) is 9.84 Å². The maximum Gasteiger partial charge on any atom is 0.306 e. The van der Waals surface area contributed by atoms with Crippen molar-refractivity contribution in [2.45, 2.75) is 6.42 Å². The average molecular weight is 262 g/mol. The standard InChI is InChI=1S/C13H11FN2O3/c14-10-3-1-9(2-4-10)13-15-7-11(8-16-13)19-6-5-12(17)18/h1-4,7-8H,5-6H2,(H,17,18). The molecule has 2 aromatic rings. The van der Waals surface area contributed by atoms with Gasteiger partial charge in [-0.3, -0.25) is 4.79 Å². The summed E-state index contributed by atoms with van der Waals surface area (Å²) >= 11 is 0. The summed E-state index contributed by atoms with van der Waals surface area (Å²) in [5.74, 6) is -0.404. The van der Waals surface area contributed by atoms with Gasteiger partial charge in [0.25, 0.3) is 0 Å². The molecule has 0 aliphatic rings. The Morgan fingerprint density at radius 3 is 2.42 bits per heavy atom. The Kier molecular flexibility index (Phi) is 4.02. The van der Waals surface area contributed by atoms with E-state index in [1.54, 1.807) is 12.1 Å². The minimum absolute atomic E-state index is 0.0641. The maximum atomic E-state index is 12.8. The molecule has 6 heteroatoms. The van der Waals surface area contributed by atoms with Crippen LogP contribution in [0.5, 0.6) is 5.75 Å². The van der Waals surface area contributed by atoms with Gasteiger partial charge in [-0.25, -0.2) is 14.4 Å². The van der Waals surface area contributed by atoms with E-state index in [9.17, 15) is 9.18 Å².